The number of aryl methyl sites for hydroxylation is 1. The van der Waals surface area contributed by atoms with Crippen molar-refractivity contribution < 1.29 is 4.74 Å². The Morgan fingerprint density at radius 2 is 2.11 bits per heavy atom. The van der Waals surface area contributed by atoms with Crippen LogP contribution in [0.1, 0.15) is 63.5 Å². The average Bonchev–Trinajstić information content (AvgIpc) is 3.28. The van der Waals surface area contributed by atoms with Crippen LogP contribution in [-0.4, -0.2) is 46.5 Å². The van der Waals surface area contributed by atoms with Gasteiger partial charge in [-0.25, -0.2) is 4.99 Å². The zero-order valence-electron chi connectivity index (χ0n) is 17.2. The molecule has 2 heterocycles. The van der Waals surface area contributed by atoms with Gasteiger partial charge in [0.25, 0.3) is 0 Å². The van der Waals surface area contributed by atoms with Crippen LogP contribution in [0.5, 0.6) is 0 Å². The van der Waals surface area contributed by atoms with E-state index in [1.807, 2.05) is 18.5 Å². The maximum atomic E-state index is 5.73. The molecule has 0 amide bonds. The Morgan fingerprint density at radius 1 is 1.22 bits per heavy atom. The van der Waals surface area contributed by atoms with E-state index in [-0.39, 0.29) is 0 Å². The lowest BCUT2D eigenvalue weighted by Gasteiger charge is -2.27. The summed E-state index contributed by atoms with van der Waals surface area (Å²) in [7, 11) is 1.98. The summed E-state index contributed by atoms with van der Waals surface area (Å²) in [5, 5.41) is 15.3. The topological polar surface area (TPSA) is 76.4 Å². The summed E-state index contributed by atoms with van der Waals surface area (Å²) in [5.74, 6) is 4.38. The molecule has 1 aromatic heterocycles. The molecule has 3 atom stereocenters. The van der Waals surface area contributed by atoms with Crippen molar-refractivity contribution in [1.29, 1.82) is 0 Å². The molecule has 2 fully saturated rings. The van der Waals surface area contributed by atoms with Crippen LogP contribution in [0.2, 0.25) is 0 Å². The lowest BCUT2D eigenvalue weighted by molar-refractivity contribution is 0.113. The first-order chi connectivity index (χ1) is 13.1. The van der Waals surface area contributed by atoms with Crippen molar-refractivity contribution >= 4 is 5.96 Å². The van der Waals surface area contributed by atoms with Crippen molar-refractivity contribution in [2.24, 2.45) is 23.9 Å². The normalized spacial score (nSPS) is 26.3. The summed E-state index contributed by atoms with van der Waals surface area (Å²) in [5.41, 5.74) is 0. The molecule has 0 radical (unpaired) electrons. The van der Waals surface area contributed by atoms with Crippen molar-refractivity contribution in [2.45, 2.75) is 71.4 Å². The summed E-state index contributed by atoms with van der Waals surface area (Å²) in [6, 6.07) is 0. The maximum absolute atomic E-state index is 5.73. The van der Waals surface area contributed by atoms with Gasteiger partial charge in [0.2, 0.25) is 0 Å². The highest BCUT2D eigenvalue weighted by Gasteiger charge is 2.19. The Balaban J connectivity index is 1.51. The molecule has 0 bridgehead atoms. The van der Waals surface area contributed by atoms with E-state index in [0.717, 1.165) is 62.0 Å². The standard InChI is InChI=1S/C20H36N6O/c1-15-6-4-7-17(12-15)9-10-21-20(22-13-18-8-5-11-27-18)23-14-19-25-24-16(2)26(19)3/h15,17-18H,4-14H2,1-3H3,(H2,21,22,23). The molecular formula is C20H36N6O. The van der Waals surface area contributed by atoms with E-state index in [4.69, 9.17) is 9.73 Å². The Labute approximate surface area is 163 Å². The molecule has 1 saturated heterocycles. The largest absolute Gasteiger partial charge is 0.376 e. The summed E-state index contributed by atoms with van der Waals surface area (Å²) in [6.45, 7) is 7.53. The fourth-order valence-corrected chi connectivity index (χ4v) is 4.15. The van der Waals surface area contributed by atoms with Crippen LogP contribution in [0.25, 0.3) is 0 Å². The lowest BCUT2D eigenvalue weighted by Crippen LogP contribution is -2.42. The van der Waals surface area contributed by atoms with Crippen LogP contribution >= 0.6 is 0 Å². The molecule has 0 aromatic carbocycles. The van der Waals surface area contributed by atoms with Crippen LogP contribution in [0.15, 0.2) is 4.99 Å². The second kappa shape index (κ2) is 10.1. The van der Waals surface area contributed by atoms with Gasteiger partial charge in [-0.1, -0.05) is 26.2 Å². The monoisotopic (exact) mass is 376 g/mol. The third-order valence-electron chi connectivity index (χ3n) is 5.97. The molecule has 2 aliphatic rings. The SMILES string of the molecule is Cc1nnc(CN=C(NCCC2CCCC(C)C2)NCC2CCCO2)n1C. The van der Waals surface area contributed by atoms with Gasteiger partial charge in [0.05, 0.1) is 6.10 Å². The molecule has 152 valence electrons. The zero-order valence-corrected chi connectivity index (χ0v) is 17.2. The molecule has 27 heavy (non-hydrogen) atoms. The van der Waals surface area contributed by atoms with Gasteiger partial charge in [0.1, 0.15) is 12.4 Å². The van der Waals surface area contributed by atoms with Gasteiger partial charge < -0.3 is 19.9 Å². The molecule has 1 aliphatic heterocycles. The average molecular weight is 377 g/mol. The van der Waals surface area contributed by atoms with E-state index in [1.54, 1.807) is 0 Å². The number of guanidine groups is 1. The zero-order chi connectivity index (χ0) is 19.1. The Kier molecular flexibility index (Phi) is 7.50. The van der Waals surface area contributed by atoms with Gasteiger partial charge in [0.15, 0.2) is 11.8 Å². The molecule has 1 saturated carbocycles. The number of rotatable bonds is 7. The molecular weight excluding hydrogens is 340 g/mol. The first-order valence-corrected chi connectivity index (χ1v) is 10.6. The highest BCUT2D eigenvalue weighted by atomic mass is 16.5. The second-order valence-corrected chi connectivity index (χ2v) is 8.26. The Bertz CT molecular complexity index is 608. The quantitative estimate of drug-likeness (QED) is 0.565. The number of nitrogens with one attached hydrogen (secondary N) is 2. The van der Waals surface area contributed by atoms with Crippen LogP contribution in [-0.2, 0) is 18.3 Å². The highest BCUT2D eigenvalue weighted by molar-refractivity contribution is 5.79. The van der Waals surface area contributed by atoms with Crippen molar-refractivity contribution in [1.82, 2.24) is 25.4 Å². The summed E-state index contributed by atoms with van der Waals surface area (Å²) < 4.78 is 7.72. The van der Waals surface area contributed by atoms with E-state index in [2.05, 4.69) is 27.8 Å². The Morgan fingerprint density at radius 3 is 2.81 bits per heavy atom. The fraction of sp³-hybridized carbons (Fsp3) is 0.850. The number of hydrogen-bond donors (Lipinski definition) is 2. The van der Waals surface area contributed by atoms with Crippen molar-refractivity contribution in [3.8, 4) is 0 Å². The summed E-state index contributed by atoms with van der Waals surface area (Å²) in [6.07, 6.45) is 9.33. The number of ether oxygens (including phenoxy) is 1. The summed E-state index contributed by atoms with van der Waals surface area (Å²) in [4.78, 5) is 4.74. The first kappa shape index (κ1) is 20.1. The van der Waals surface area contributed by atoms with E-state index in [1.165, 1.54) is 32.1 Å². The van der Waals surface area contributed by atoms with Crippen molar-refractivity contribution in [2.75, 3.05) is 19.7 Å². The Hall–Kier alpha value is -1.63. The van der Waals surface area contributed by atoms with Crippen molar-refractivity contribution in [3.63, 3.8) is 0 Å². The van der Waals surface area contributed by atoms with Crippen molar-refractivity contribution in [3.05, 3.63) is 11.6 Å². The van der Waals surface area contributed by atoms with Crippen LogP contribution < -0.4 is 10.6 Å². The molecule has 0 spiro atoms. The van der Waals surface area contributed by atoms with E-state index < -0.39 is 0 Å². The van der Waals surface area contributed by atoms with Gasteiger partial charge in [-0.15, -0.1) is 10.2 Å². The molecule has 1 aromatic rings. The van der Waals surface area contributed by atoms with Gasteiger partial charge in [-0.05, 0) is 44.4 Å². The molecule has 3 unspecified atom stereocenters. The molecule has 2 N–H and O–H groups in total. The minimum Gasteiger partial charge on any atom is -0.376 e. The molecule has 7 nitrogen and oxygen atoms in total. The van der Waals surface area contributed by atoms with Gasteiger partial charge >= 0.3 is 0 Å². The van der Waals surface area contributed by atoms with E-state index in [0.29, 0.717) is 12.6 Å². The minimum absolute atomic E-state index is 0.299. The van der Waals surface area contributed by atoms with Crippen LogP contribution in [0.4, 0.5) is 0 Å². The number of aromatic nitrogens is 3. The maximum Gasteiger partial charge on any atom is 0.191 e. The third kappa shape index (κ3) is 6.19. The minimum atomic E-state index is 0.299. The lowest BCUT2D eigenvalue weighted by atomic mass is 9.81. The molecule has 3 rings (SSSR count). The highest BCUT2D eigenvalue weighted by Crippen LogP contribution is 2.30. The third-order valence-corrected chi connectivity index (χ3v) is 5.97. The van der Waals surface area contributed by atoms with Crippen LogP contribution in [0.3, 0.4) is 0 Å². The number of nitrogens with zero attached hydrogens (tertiary/aromatic N) is 4. The fourth-order valence-electron chi connectivity index (χ4n) is 4.15. The van der Waals surface area contributed by atoms with Gasteiger partial charge in [-0.3, -0.25) is 0 Å². The van der Waals surface area contributed by atoms with Gasteiger partial charge in [-0.2, -0.15) is 0 Å². The predicted octanol–water partition coefficient (Wildman–Crippen LogP) is 2.55. The predicted molar refractivity (Wildman–Crippen MR) is 108 cm³/mol. The molecule has 7 heteroatoms. The number of hydrogen-bond acceptors (Lipinski definition) is 4. The summed E-state index contributed by atoms with van der Waals surface area (Å²) >= 11 is 0. The second-order valence-electron chi connectivity index (χ2n) is 8.26. The van der Waals surface area contributed by atoms with Gasteiger partial charge in [0, 0.05) is 26.7 Å². The number of aliphatic imine (C=N–C) groups is 1. The molecule has 1 aliphatic carbocycles. The van der Waals surface area contributed by atoms with E-state index in [9.17, 15) is 0 Å². The van der Waals surface area contributed by atoms with E-state index >= 15 is 0 Å². The smallest absolute Gasteiger partial charge is 0.191 e. The first-order valence-electron chi connectivity index (χ1n) is 10.6. The van der Waals surface area contributed by atoms with Crippen LogP contribution in [0, 0.1) is 18.8 Å².